The lowest BCUT2D eigenvalue weighted by atomic mass is 10.1. The van der Waals surface area contributed by atoms with Crippen molar-refractivity contribution in [3.05, 3.63) is 78.7 Å². The number of nitro benzene ring substituents is 2. The Morgan fingerprint density at radius 1 is 1.06 bits per heavy atom. The van der Waals surface area contributed by atoms with E-state index in [1.165, 1.54) is 25.1 Å². The number of nitrogens with zero attached hydrogens (tertiary/aromatic N) is 4. The van der Waals surface area contributed by atoms with Crippen LogP contribution in [0.2, 0.25) is 5.02 Å². The van der Waals surface area contributed by atoms with E-state index in [-0.39, 0.29) is 46.8 Å². The smallest absolute Gasteiger partial charge is 0.316 e. The predicted molar refractivity (Wildman–Crippen MR) is 114 cm³/mol. The summed E-state index contributed by atoms with van der Waals surface area (Å²) < 4.78 is 4.93. The van der Waals surface area contributed by atoms with Crippen LogP contribution in [0.15, 0.2) is 40.9 Å². The molecular weight excluding hydrogens is 460 g/mol. The Labute approximate surface area is 190 Å². The van der Waals surface area contributed by atoms with Gasteiger partial charge in [0.1, 0.15) is 0 Å². The average Bonchev–Trinajstić information content (AvgIpc) is 3.26. The van der Waals surface area contributed by atoms with Gasteiger partial charge in [-0.3, -0.25) is 29.8 Å². The van der Waals surface area contributed by atoms with Crippen LogP contribution in [0.3, 0.4) is 0 Å². The molecule has 33 heavy (non-hydrogen) atoms. The normalized spacial score (nSPS) is 10.5. The molecule has 0 saturated carbocycles. The van der Waals surface area contributed by atoms with Crippen LogP contribution in [0.5, 0.6) is 0 Å². The Morgan fingerprint density at radius 2 is 1.76 bits per heavy atom. The summed E-state index contributed by atoms with van der Waals surface area (Å²) in [5.41, 5.74) is 0.347. The molecule has 0 fully saturated rings. The number of non-ortho nitro benzene ring substituents is 1. The quantitative estimate of drug-likeness (QED) is 0.281. The Kier molecular flexibility index (Phi) is 6.93. The molecule has 0 aliphatic rings. The minimum Gasteiger partial charge on any atom is -0.350 e. The lowest BCUT2D eigenvalue weighted by Gasteiger charge is -2.07. The monoisotopic (exact) mass is 474 g/mol. The third-order valence-electron chi connectivity index (χ3n) is 4.47. The van der Waals surface area contributed by atoms with Gasteiger partial charge < -0.3 is 15.2 Å². The molecule has 0 aliphatic heterocycles. The summed E-state index contributed by atoms with van der Waals surface area (Å²) in [5.74, 6) is -1.63. The summed E-state index contributed by atoms with van der Waals surface area (Å²) in [4.78, 5) is 49.0. The Hall–Kier alpha value is -4.39. The van der Waals surface area contributed by atoms with Crippen molar-refractivity contribution < 1.29 is 24.0 Å². The molecule has 14 heteroatoms. The zero-order chi connectivity index (χ0) is 24.1. The van der Waals surface area contributed by atoms with Crippen molar-refractivity contribution >= 4 is 34.8 Å². The van der Waals surface area contributed by atoms with Gasteiger partial charge >= 0.3 is 11.8 Å². The highest BCUT2D eigenvalue weighted by Crippen LogP contribution is 2.28. The van der Waals surface area contributed by atoms with Crippen molar-refractivity contribution in [2.24, 2.45) is 0 Å². The fourth-order valence-electron chi connectivity index (χ4n) is 2.81. The maximum Gasteiger partial charge on any atom is 0.316 e. The molecule has 0 atom stereocenters. The highest BCUT2D eigenvalue weighted by atomic mass is 35.5. The van der Waals surface area contributed by atoms with Gasteiger partial charge in [-0.25, -0.2) is 0 Å². The van der Waals surface area contributed by atoms with Crippen LogP contribution in [0, 0.1) is 27.2 Å². The van der Waals surface area contributed by atoms with Gasteiger partial charge in [-0.05, 0) is 13.0 Å². The molecule has 0 spiro atoms. The van der Waals surface area contributed by atoms with Gasteiger partial charge in [0.05, 0.1) is 20.4 Å². The van der Waals surface area contributed by atoms with Gasteiger partial charge in [-0.15, -0.1) is 0 Å². The third kappa shape index (κ3) is 5.27. The molecule has 170 valence electrons. The van der Waals surface area contributed by atoms with Gasteiger partial charge in [0.25, 0.3) is 17.3 Å². The first-order valence-electron chi connectivity index (χ1n) is 9.27. The van der Waals surface area contributed by atoms with Crippen LogP contribution in [-0.4, -0.2) is 44.9 Å². The van der Waals surface area contributed by atoms with Crippen molar-refractivity contribution in [3.8, 4) is 11.4 Å². The van der Waals surface area contributed by atoms with Crippen LogP contribution < -0.4 is 10.6 Å². The van der Waals surface area contributed by atoms with E-state index in [2.05, 4.69) is 20.8 Å². The van der Waals surface area contributed by atoms with E-state index >= 15 is 0 Å². The van der Waals surface area contributed by atoms with Crippen molar-refractivity contribution in [1.82, 2.24) is 20.8 Å². The summed E-state index contributed by atoms with van der Waals surface area (Å²) >= 11 is 5.90. The van der Waals surface area contributed by atoms with Crippen molar-refractivity contribution in [2.75, 3.05) is 13.1 Å². The molecule has 1 heterocycles. The molecule has 2 N–H and O–H groups in total. The van der Waals surface area contributed by atoms with E-state index in [0.29, 0.717) is 11.1 Å². The molecule has 2 amide bonds. The van der Waals surface area contributed by atoms with E-state index in [1.807, 2.05) is 0 Å². The zero-order valence-electron chi connectivity index (χ0n) is 16.9. The molecular formula is C19H15ClN6O7. The number of aromatic nitrogens is 2. The molecule has 13 nitrogen and oxygen atoms in total. The number of rotatable bonds is 8. The number of carbonyl (C=O) groups excluding carboxylic acids is 2. The standard InChI is InChI=1S/C19H15ClN6O7/c1-10-12(3-2-4-15(10)26(31)32)16-23-19(33-24-16)18(28)22-8-7-21-17(27)13-6-5-11(25(29)30)9-14(13)20/h2-6,9H,7-8H2,1H3,(H,21,27)(H,22,28). The predicted octanol–water partition coefficient (Wildman–Crippen LogP) is 2.67. The van der Waals surface area contributed by atoms with E-state index in [0.717, 1.165) is 12.1 Å². The second-order valence-electron chi connectivity index (χ2n) is 6.56. The largest absolute Gasteiger partial charge is 0.350 e. The molecule has 1 aromatic heterocycles. The average molecular weight is 475 g/mol. The minimum atomic E-state index is -0.709. The van der Waals surface area contributed by atoms with Crippen molar-refractivity contribution in [3.63, 3.8) is 0 Å². The number of nitro groups is 2. The fourth-order valence-corrected chi connectivity index (χ4v) is 3.07. The molecule has 0 saturated heterocycles. The van der Waals surface area contributed by atoms with Crippen LogP contribution in [-0.2, 0) is 0 Å². The molecule has 0 aliphatic carbocycles. The lowest BCUT2D eigenvalue weighted by Crippen LogP contribution is -2.34. The number of halogens is 1. The summed E-state index contributed by atoms with van der Waals surface area (Å²) in [6, 6.07) is 7.81. The highest BCUT2D eigenvalue weighted by Gasteiger charge is 2.21. The molecule has 0 unspecified atom stereocenters. The third-order valence-corrected chi connectivity index (χ3v) is 4.78. The number of hydrogen-bond acceptors (Lipinski definition) is 9. The Balaban J connectivity index is 1.56. The maximum absolute atomic E-state index is 12.2. The fraction of sp³-hybridized carbons (Fsp3) is 0.158. The van der Waals surface area contributed by atoms with Crippen LogP contribution in [0.4, 0.5) is 11.4 Å². The molecule has 2 aromatic carbocycles. The molecule has 3 rings (SSSR count). The van der Waals surface area contributed by atoms with Gasteiger partial charge in [0.2, 0.25) is 5.82 Å². The van der Waals surface area contributed by atoms with Crippen LogP contribution in [0.1, 0.15) is 26.6 Å². The number of carbonyl (C=O) groups is 2. The van der Waals surface area contributed by atoms with Gasteiger partial charge in [-0.1, -0.05) is 28.9 Å². The van der Waals surface area contributed by atoms with Gasteiger partial charge in [-0.2, -0.15) is 4.98 Å². The second-order valence-corrected chi connectivity index (χ2v) is 6.97. The number of hydrogen-bond donors (Lipinski definition) is 2. The highest BCUT2D eigenvalue weighted by molar-refractivity contribution is 6.34. The summed E-state index contributed by atoms with van der Waals surface area (Å²) in [6.45, 7) is 1.55. The number of nitrogens with one attached hydrogen (secondary N) is 2. The SMILES string of the molecule is Cc1c(-c2noc(C(=O)NCCNC(=O)c3ccc([N+](=O)[O-])cc3Cl)n2)cccc1[N+](=O)[O-]. The van der Waals surface area contributed by atoms with E-state index in [9.17, 15) is 29.8 Å². The Morgan fingerprint density at radius 3 is 2.39 bits per heavy atom. The molecule has 0 radical (unpaired) electrons. The zero-order valence-corrected chi connectivity index (χ0v) is 17.7. The van der Waals surface area contributed by atoms with E-state index in [4.69, 9.17) is 16.1 Å². The first kappa shape index (κ1) is 23.3. The van der Waals surface area contributed by atoms with Crippen LogP contribution in [0.25, 0.3) is 11.4 Å². The molecule has 3 aromatic rings. The Bertz CT molecular complexity index is 1260. The summed E-state index contributed by atoms with van der Waals surface area (Å²) in [7, 11) is 0. The van der Waals surface area contributed by atoms with Crippen molar-refractivity contribution in [2.45, 2.75) is 6.92 Å². The first-order valence-corrected chi connectivity index (χ1v) is 9.65. The number of benzene rings is 2. The summed E-state index contributed by atoms with van der Waals surface area (Å²) in [5, 5.41) is 30.4. The van der Waals surface area contributed by atoms with Gasteiger partial charge in [0, 0.05) is 42.4 Å². The maximum atomic E-state index is 12.2. The second kappa shape index (κ2) is 9.82. The minimum absolute atomic E-state index is 0.00270. The van der Waals surface area contributed by atoms with Crippen LogP contribution >= 0.6 is 11.6 Å². The van der Waals surface area contributed by atoms with Crippen molar-refractivity contribution in [1.29, 1.82) is 0 Å². The van der Waals surface area contributed by atoms with E-state index < -0.39 is 21.7 Å². The first-order chi connectivity index (χ1) is 15.7. The van der Waals surface area contributed by atoms with E-state index in [1.54, 1.807) is 6.07 Å². The topological polar surface area (TPSA) is 183 Å². The summed E-state index contributed by atoms with van der Waals surface area (Å²) in [6.07, 6.45) is 0. The van der Waals surface area contributed by atoms with Gasteiger partial charge in [0.15, 0.2) is 0 Å². The molecule has 0 bridgehead atoms. The lowest BCUT2D eigenvalue weighted by molar-refractivity contribution is -0.385. The number of amides is 2.